The third-order valence-electron chi connectivity index (χ3n) is 3.32. The van der Waals surface area contributed by atoms with Gasteiger partial charge >= 0.3 is 0 Å². The highest BCUT2D eigenvalue weighted by Crippen LogP contribution is 2.37. The molecule has 0 aliphatic carbocycles. The summed E-state index contributed by atoms with van der Waals surface area (Å²) in [5, 5.41) is 13.9. The van der Waals surface area contributed by atoms with Crippen LogP contribution < -0.4 is 5.32 Å². The largest absolute Gasteiger partial charge is 0.350 e. The number of amides is 1. The van der Waals surface area contributed by atoms with Gasteiger partial charge in [0.2, 0.25) is 5.91 Å². The second kappa shape index (κ2) is 7.47. The lowest BCUT2D eigenvalue weighted by Gasteiger charge is -2.08. The Hall–Kier alpha value is -1.78. The summed E-state index contributed by atoms with van der Waals surface area (Å²) >= 11 is 1.57. The number of terminal acetylenes is 1. The SMILES string of the molecule is C#CCCC1(CCC(=O)NCc2nc(CN(C)C)cs2)N=N1. The Morgan fingerprint density at radius 1 is 1.45 bits per heavy atom. The average Bonchev–Trinajstić information content (AvgIpc) is 3.12. The molecule has 0 spiro atoms. The molecule has 1 aromatic rings. The van der Waals surface area contributed by atoms with E-state index in [0.717, 1.165) is 23.7 Å². The maximum atomic E-state index is 11.9. The average molecular weight is 319 g/mol. The number of nitrogens with zero attached hydrogens (tertiary/aromatic N) is 4. The van der Waals surface area contributed by atoms with Crippen molar-refractivity contribution in [2.45, 2.75) is 44.4 Å². The van der Waals surface area contributed by atoms with Crippen LogP contribution in [0.2, 0.25) is 0 Å². The number of nitrogens with one attached hydrogen (secondary N) is 1. The van der Waals surface area contributed by atoms with Crippen LogP contribution in [0.4, 0.5) is 0 Å². The molecule has 0 unspecified atom stereocenters. The summed E-state index contributed by atoms with van der Waals surface area (Å²) in [6, 6.07) is 0. The van der Waals surface area contributed by atoms with Crippen molar-refractivity contribution in [3.8, 4) is 12.3 Å². The normalized spacial score (nSPS) is 14.8. The van der Waals surface area contributed by atoms with Gasteiger partial charge in [0.25, 0.3) is 0 Å². The Bertz CT molecular complexity index is 581. The van der Waals surface area contributed by atoms with Crippen molar-refractivity contribution in [1.82, 2.24) is 15.2 Å². The van der Waals surface area contributed by atoms with Crippen LogP contribution in [0.25, 0.3) is 0 Å². The maximum absolute atomic E-state index is 11.9. The van der Waals surface area contributed by atoms with E-state index >= 15 is 0 Å². The fraction of sp³-hybridized carbons (Fsp3) is 0.600. The van der Waals surface area contributed by atoms with Crippen LogP contribution in [0.3, 0.4) is 0 Å². The van der Waals surface area contributed by atoms with Gasteiger partial charge in [-0.1, -0.05) is 0 Å². The number of aromatic nitrogens is 1. The van der Waals surface area contributed by atoms with Crippen molar-refractivity contribution in [3.05, 3.63) is 16.1 Å². The molecule has 6 nitrogen and oxygen atoms in total. The first-order valence-corrected chi connectivity index (χ1v) is 8.13. The summed E-state index contributed by atoms with van der Waals surface area (Å²) in [5.74, 6) is 2.58. The Labute approximate surface area is 135 Å². The molecule has 1 aliphatic heterocycles. The fourth-order valence-electron chi connectivity index (χ4n) is 2.07. The molecule has 7 heteroatoms. The fourth-order valence-corrected chi connectivity index (χ4v) is 2.80. The van der Waals surface area contributed by atoms with Gasteiger partial charge in [0, 0.05) is 37.6 Å². The molecule has 2 rings (SSSR count). The van der Waals surface area contributed by atoms with Gasteiger partial charge in [-0.2, -0.15) is 10.2 Å². The Balaban J connectivity index is 1.67. The molecule has 0 atom stereocenters. The summed E-state index contributed by atoms with van der Waals surface area (Å²) in [4.78, 5) is 18.4. The highest BCUT2D eigenvalue weighted by Gasteiger charge is 2.39. The molecule has 0 bridgehead atoms. The first kappa shape index (κ1) is 16.6. The second-order valence-electron chi connectivity index (χ2n) is 5.63. The van der Waals surface area contributed by atoms with Crippen LogP contribution in [0.15, 0.2) is 15.6 Å². The molecule has 0 fully saturated rings. The molecule has 0 saturated heterocycles. The highest BCUT2D eigenvalue weighted by molar-refractivity contribution is 7.09. The van der Waals surface area contributed by atoms with Crippen LogP contribution in [0, 0.1) is 12.3 Å². The lowest BCUT2D eigenvalue weighted by molar-refractivity contribution is -0.121. The topological polar surface area (TPSA) is 70.0 Å². The Morgan fingerprint density at radius 2 is 2.23 bits per heavy atom. The van der Waals surface area contributed by atoms with Crippen molar-refractivity contribution in [3.63, 3.8) is 0 Å². The minimum Gasteiger partial charge on any atom is -0.350 e. The summed E-state index contributed by atoms with van der Waals surface area (Å²) in [6.45, 7) is 1.29. The molecule has 0 radical (unpaired) electrons. The van der Waals surface area contributed by atoms with E-state index in [1.165, 1.54) is 0 Å². The van der Waals surface area contributed by atoms with Crippen LogP contribution >= 0.6 is 11.3 Å². The first-order chi connectivity index (χ1) is 10.5. The minimum absolute atomic E-state index is 0.00161. The van der Waals surface area contributed by atoms with E-state index in [4.69, 9.17) is 6.42 Å². The van der Waals surface area contributed by atoms with Gasteiger partial charge in [0.1, 0.15) is 5.01 Å². The number of carbonyl (C=O) groups is 1. The molecule has 118 valence electrons. The van der Waals surface area contributed by atoms with Gasteiger partial charge in [0.05, 0.1) is 12.2 Å². The summed E-state index contributed by atoms with van der Waals surface area (Å²) in [6.07, 6.45) is 7.66. The summed E-state index contributed by atoms with van der Waals surface area (Å²) in [7, 11) is 4.01. The van der Waals surface area contributed by atoms with E-state index in [0.29, 0.717) is 25.8 Å². The molecule has 1 aromatic heterocycles. The number of carbonyl (C=O) groups excluding carboxylic acids is 1. The Morgan fingerprint density at radius 3 is 2.86 bits per heavy atom. The smallest absolute Gasteiger partial charge is 0.220 e. The lowest BCUT2D eigenvalue weighted by atomic mass is 10.0. The van der Waals surface area contributed by atoms with Gasteiger partial charge in [0.15, 0.2) is 5.66 Å². The van der Waals surface area contributed by atoms with E-state index in [2.05, 4.69) is 31.3 Å². The molecule has 0 saturated carbocycles. The molecular formula is C15H21N5OS. The third-order valence-corrected chi connectivity index (χ3v) is 4.22. The van der Waals surface area contributed by atoms with Crippen molar-refractivity contribution in [1.29, 1.82) is 0 Å². The van der Waals surface area contributed by atoms with Crippen LogP contribution in [0.5, 0.6) is 0 Å². The highest BCUT2D eigenvalue weighted by atomic mass is 32.1. The Kier molecular flexibility index (Phi) is 5.63. The molecule has 0 aromatic carbocycles. The van der Waals surface area contributed by atoms with Gasteiger partial charge in [-0.15, -0.1) is 23.7 Å². The van der Waals surface area contributed by atoms with Crippen molar-refractivity contribution >= 4 is 17.2 Å². The zero-order chi connectivity index (χ0) is 16.0. The predicted molar refractivity (Wildman–Crippen MR) is 86.2 cm³/mol. The predicted octanol–water partition coefficient (Wildman–Crippen LogP) is 2.18. The van der Waals surface area contributed by atoms with Crippen molar-refractivity contribution in [2.24, 2.45) is 10.2 Å². The maximum Gasteiger partial charge on any atom is 0.220 e. The molecule has 1 amide bonds. The van der Waals surface area contributed by atoms with Gasteiger partial charge in [-0.3, -0.25) is 4.79 Å². The number of hydrogen-bond acceptors (Lipinski definition) is 6. The standard InChI is InChI=1S/C15H21N5OS/c1-4-5-7-15(18-19-15)8-6-13(21)16-9-14-17-12(11-22-14)10-20(2)3/h1,11H,5-10H2,2-3H3,(H,16,21). The van der Waals surface area contributed by atoms with E-state index in [9.17, 15) is 4.79 Å². The van der Waals surface area contributed by atoms with E-state index in [-0.39, 0.29) is 11.6 Å². The molecule has 22 heavy (non-hydrogen) atoms. The van der Waals surface area contributed by atoms with Crippen LogP contribution in [-0.2, 0) is 17.9 Å². The lowest BCUT2D eigenvalue weighted by Crippen LogP contribution is -2.24. The quantitative estimate of drug-likeness (QED) is 0.709. The van der Waals surface area contributed by atoms with Gasteiger partial charge < -0.3 is 10.2 Å². The van der Waals surface area contributed by atoms with Gasteiger partial charge in [-0.05, 0) is 14.1 Å². The van der Waals surface area contributed by atoms with Crippen LogP contribution in [0.1, 0.15) is 36.4 Å². The van der Waals surface area contributed by atoms with Crippen molar-refractivity contribution in [2.75, 3.05) is 14.1 Å². The zero-order valence-corrected chi connectivity index (χ0v) is 13.8. The van der Waals surface area contributed by atoms with E-state index in [1.54, 1.807) is 11.3 Å². The van der Waals surface area contributed by atoms with E-state index < -0.39 is 0 Å². The molecule has 2 heterocycles. The number of rotatable bonds is 9. The van der Waals surface area contributed by atoms with Gasteiger partial charge in [-0.25, -0.2) is 4.98 Å². The zero-order valence-electron chi connectivity index (χ0n) is 13.0. The van der Waals surface area contributed by atoms with Crippen LogP contribution in [-0.4, -0.2) is 35.5 Å². The molecule has 1 aliphatic rings. The number of thiazole rings is 1. The summed E-state index contributed by atoms with van der Waals surface area (Å²) in [5.41, 5.74) is 0.645. The number of hydrogen-bond donors (Lipinski definition) is 1. The van der Waals surface area contributed by atoms with Crippen molar-refractivity contribution < 1.29 is 4.79 Å². The monoisotopic (exact) mass is 319 g/mol. The minimum atomic E-state index is -0.385. The molecular weight excluding hydrogens is 298 g/mol. The molecule has 1 N–H and O–H groups in total. The third kappa shape index (κ3) is 5.20. The second-order valence-corrected chi connectivity index (χ2v) is 6.58. The summed E-state index contributed by atoms with van der Waals surface area (Å²) < 4.78 is 0. The first-order valence-electron chi connectivity index (χ1n) is 7.25. The van der Waals surface area contributed by atoms with E-state index in [1.807, 2.05) is 19.5 Å².